The molecule has 0 spiro atoms. The number of aliphatic hydroxyl groups is 5. The van der Waals surface area contributed by atoms with Gasteiger partial charge in [0.25, 0.3) is 0 Å². The van der Waals surface area contributed by atoms with Gasteiger partial charge in [-0.05, 0) is 20.8 Å². The van der Waals surface area contributed by atoms with Gasteiger partial charge in [-0.3, -0.25) is 24.0 Å². The Bertz CT molecular complexity index is 726. The van der Waals surface area contributed by atoms with Crippen molar-refractivity contribution in [1.82, 2.24) is 0 Å². The standard InChI is InChI=1S/C17H28O10Si/c1-9(19)13(23)15(25,10(2)20)17(27,12(4)22)16(26,11(3)21)14(24,8-18)28(5,6)7/h18,24-27H,8H2,1-7H3/t14-,15-,16+,17+/m0/s1. The minimum Gasteiger partial charge on any atom is -0.394 e. The quantitative estimate of drug-likeness (QED) is 0.146. The van der Waals surface area contributed by atoms with E-state index in [1.54, 1.807) is 0 Å². The fourth-order valence-electron chi connectivity index (χ4n) is 3.34. The molecule has 0 amide bonds. The third-order valence-corrected chi connectivity index (χ3v) is 8.29. The summed E-state index contributed by atoms with van der Waals surface area (Å²) in [6.45, 7) is 5.09. The first kappa shape index (κ1) is 26.4. The van der Waals surface area contributed by atoms with Gasteiger partial charge in [0.15, 0.2) is 28.7 Å². The summed E-state index contributed by atoms with van der Waals surface area (Å²) in [6.07, 6.45) is 0. The molecule has 4 atom stereocenters. The van der Waals surface area contributed by atoms with Crippen LogP contribution < -0.4 is 0 Å². The van der Waals surface area contributed by atoms with Crippen LogP contribution >= 0.6 is 0 Å². The van der Waals surface area contributed by atoms with Crippen LogP contribution in [0.1, 0.15) is 27.7 Å². The molecule has 10 nitrogen and oxygen atoms in total. The summed E-state index contributed by atoms with van der Waals surface area (Å²) in [5.74, 6) is -8.21. The van der Waals surface area contributed by atoms with Crippen LogP contribution in [0.2, 0.25) is 19.6 Å². The number of carbonyl (C=O) groups is 5. The van der Waals surface area contributed by atoms with E-state index in [-0.39, 0.29) is 0 Å². The lowest BCUT2D eigenvalue weighted by molar-refractivity contribution is -0.256. The van der Waals surface area contributed by atoms with Gasteiger partial charge in [0.05, 0.1) is 14.7 Å². The van der Waals surface area contributed by atoms with Crippen LogP contribution in [0.4, 0.5) is 0 Å². The normalized spacial score (nSPS) is 20.7. The highest BCUT2D eigenvalue weighted by atomic mass is 28.3. The molecule has 0 aliphatic carbocycles. The van der Waals surface area contributed by atoms with Crippen LogP contribution in [0.3, 0.4) is 0 Å². The molecule has 0 aliphatic rings. The van der Waals surface area contributed by atoms with Crippen molar-refractivity contribution in [1.29, 1.82) is 0 Å². The van der Waals surface area contributed by atoms with Gasteiger partial charge in [-0.15, -0.1) is 0 Å². The number of hydrogen-bond donors (Lipinski definition) is 5. The van der Waals surface area contributed by atoms with E-state index in [9.17, 15) is 49.5 Å². The maximum absolute atomic E-state index is 12.5. The van der Waals surface area contributed by atoms with Crippen LogP contribution in [0.5, 0.6) is 0 Å². The van der Waals surface area contributed by atoms with Crippen LogP contribution in [0, 0.1) is 0 Å². The average Bonchev–Trinajstić information content (AvgIpc) is 2.55. The third-order valence-electron chi connectivity index (χ3n) is 5.29. The molecular formula is C17H28O10Si. The van der Waals surface area contributed by atoms with E-state index >= 15 is 0 Å². The molecule has 0 rings (SSSR count). The van der Waals surface area contributed by atoms with Gasteiger partial charge in [0.2, 0.25) is 17.0 Å². The first-order valence-electron chi connectivity index (χ1n) is 8.33. The summed E-state index contributed by atoms with van der Waals surface area (Å²) in [5.41, 5.74) is -11.6. The predicted octanol–water partition coefficient (Wildman–Crippen LogP) is -2.29. The smallest absolute Gasteiger partial charge is 0.240 e. The van der Waals surface area contributed by atoms with Crippen molar-refractivity contribution in [2.24, 2.45) is 0 Å². The Morgan fingerprint density at radius 2 is 1.07 bits per heavy atom. The lowest BCUT2D eigenvalue weighted by atomic mass is 9.61. The molecule has 0 aromatic rings. The van der Waals surface area contributed by atoms with Crippen LogP contribution in [-0.4, -0.2) is 91.2 Å². The van der Waals surface area contributed by atoms with Crippen molar-refractivity contribution >= 4 is 37.0 Å². The Morgan fingerprint density at radius 3 is 1.25 bits per heavy atom. The number of rotatable bonds is 10. The van der Waals surface area contributed by atoms with E-state index in [1.165, 1.54) is 19.6 Å². The lowest BCUT2D eigenvalue weighted by Crippen LogP contribution is -2.88. The van der Waals surface area contributed by atoms with Crippen molar-refractivity contribution in [3.05, 3.63) is 0 Å². The van der Waals surface area contributed by atoms with E-state index in [2.05, 4.69) is 0 Å². The second-order valence-corrected chi connectivity index (χ2v) is 13.3. The summed E-state index contributed by atoms with van der Waals surface area (Å²) >= 11 is 0. The average molecular weight is 420 g/mol. The van der Waals surface area contributed by atoms with Gasteiger partial charge in [-0.1, -0.05) is 19.6 Å². The monoisotopic (exact) mass is 420 g/mol. The minimum absolute atomic E-state index is 0.553. The molecule has 0 radical (unpaired) electrons. The van der Waals surface area contributed by atoms with Gasteiger partial charge in [-0.2, -0.15) is 0 Å². The Kier molecular flexibility index (Phi) is 7.21. The molecule has 0 aromatic heterocycles. The summed E-state index contributed by atoms with van der Waals surface area (Å²) < 4.78 is 0. The summed E-state index contributed by atoms with van der Waals surface area (Å²) in [6, 6.07) is 0. The van der Waals surface area contributed by atoms with Crippen LogP contribution in [0.15, 0.2) is 0 Å². The molecule has 0 aliphatic heterocycles. The Balaban J connectivity index is 7.72. The lowest BCUT2D eigenvalue weighted by Gasteiger charge is -2.56. The highest BCUT2D eigenvalue weighted by Crippen LogP contribution is 2.46. The van der Waals surface area contributed by atoms with Gasteiger partial charge in [0, 0.05) is 6.92 Å². The maximum Gasteiger partial charge on any atom is 0.240 e. The second-order valence-electron chi connectivity index (χ2n) is 7.95. The molecule has 5 N–H and O–H groups in total. The van der Waals surface area contributed by atoms with Gasteiger partial charge < -0.3 is 25.5 Å². The van der Waals surface area contributed by atoms with E-state index in [0.717, 1.165) is 0 Å². The van der Waals surface area contributed by atoms with Crippen LogP contribution in [-0.2, 0) is 24.0 Å². The molecule has 160 valence electrons. The molecule has 0 saturated carbocycles. The fraction of sp³-hybridized carbons (Fsp3) is 0.706. The van der Waals surface area contributed by atoms with Crippen molar-refractivity contribution in [2.75, 3.05) is 6.61 Å². The Labute approximate surface area is 163 Å². The maximum atomic E-state index is 12.5. The van der Waals surface area contributed by atoms with Gasteiger partial charge in [0.1, 0.15) is 5.22 Å². The number of hydrogen-bond acceptors (Lipinski definition) is 10. The van der Waals surface area contributed by atoms with E-state index in [4.69, 9.17) is 0 Å². The molecule has 0 unspecified atom stereocenters. The summed E-state index contributed by atoms with van der Waals surface area (Å²) in [4.78, 5) is 61.2. The van der Waals surface area contributed by atoms with Crippen molar-refractivity contribution < 1.29 is 49.5 Å². The fourth-order valence-corrected chi connectivity index (χ4v) is 5.26. The highest BCUT2D eigenvalue weighted by molar-refractivity contribution is 6.79. The molecule has 0 bridgehead atoms. The van der Waals surface area contributed by atoms with Crippen LogP contribution in [0.25, 0.3) is 0 Å². The largest absolute Gasteiger partial charge is 0.394 e. The molecule has 0 fully saturated rings. The number of ketones is 5. The Hall–Kier alpha value is -1.63. The van der Waals surface area contributed by atoms with Gasteiger partial charge >= 0.3 is 0 Å². The third kappa shape index (κ3) is 3.11. The molecule has 0 saturated heterocycles. The van der Waals surface area contributed by atoms with E-state index in [1.807, 2.05) is 0 Å². The number of aliphatic hydroxyl groups excluding tert-OH is 1. The van der Waals surface area contributed by atoms with Crippen molar-refractivity contribution in [3.8, 4) is 0 Å². The zero-order valence-electron chi connectivity index (χ0n) is 17.0. The van der Waals surface area contributed by atoms with Crippen molar-refractivity contribution in [3.63, 3.8) is 0 Å². The summed E-state index contributed by atoms with van der Waals surface area (Å²) in [5, 5.41) is 51.4. The SMILES string of the molecule is CC(=O)C(=O)[C@@](O)(C(C)=O)[C@](O)(C(C)=O)[C@@](O)(C(C)=O)[C@](O)(CO)[Si](C)(C)C. The topological polar surface area (TPSA) is 186 Å². The zero-order valence-corrected chi connectivity index (χ0v) is 18.0. The number of carbonyl (C=O) groups excluding carboxylic acids is 5. The predicted molar refractivity (Wildman–Crippen MR) is 98.0 cm³/mol. The minimum atomic E-state index is -3.97. The highest BCUT2D eigenvalue weighted by Gasteiger charge is 2.79. The van der Waals surface area contributed by atoms with E-state index < -0.39 is 65.6 Å². The summed E-state index contributed by atoms with van der Waals surface area (Å²) in [7, 11) is -3.34. The number of Topliss-reactive ketones (excluding diaryl/α,β-unsaturated/α-hetero) is 5. The molecule has 11 heteroatoms. The first-order valence-corrected chi connectivity index (χ1v) is 11.8. The van der Waals surface area contributed by atoms with Gasteiger partial charge in [-0.25, -0.2) is 0 Å². The molecular weight excluding hydrogens is 392 g/mol. The van der Waals surface area contributed by atoms with E-state index in [0.29, 0.717) is 27.7 Å². The van der Waals surface area contributed by atoms with Crippen molar-refractivity contribution in [2.45, 2.75) is 69.4 Å². The first-order chi connectivity index (χ1) is 12.2. The Morgan fingerprint density at radius 1 is 0.714 bits per heavy atom. The zero-order chi connectivity index (χ0) is 23.1. The second kappa shape index (κ2) is 7.65. The molecule has 0 heterocycles. The molecule has 28 heavy (non-hydrogen) atoms. The molecule has 0 aromatic carbocycles.